The summed E-state index contributed by atoms with van der Waals surface area (Å²) in [6.07, 6.45) is 3.04. The van der Waals surface area contributed by atoms with E-state index in [1.54, 1.807) is 7.05 Å². The highest BCUT2D eigenvalue weighted by Gasteiger charge is 2.24. The lowest BCUT2D eigenvalue weighted by Crippen LogP contribution is -2.28. The van der Waals surface area contributed by atoms with Gasteiger partial charge in [0.25, 0.3) is 0 Å². The van der Waals surface area contributed by atoms with Crippen molar-refractivity contribution in [1.82, 2.24) is 0 Å². The third kappa shape index (κ3) is 3.69. The van der Waals surface area contributed by atoms with Gasteiger partial charge in [0.2, 0.25) is 0 Å². The Morgan fingerprint density at radius 3 is 2.74 bits per heavy atom. The lowest BCUT2D eigenvalue weighted by molar-refractivity contribution is 0.242. The summed E-state index contributed by atoms with van der Waals surface area (Å²) in [5.74, 6) is 1.48. The molecule has 6 heteroatoms. The average molecular weight is 332 g/mol. The molecule has 0 unspecified atom stereocenters. The molecule has 0 atom stereocenters. The Labute approximate surface area is 142 Å². The molecule has 1 heterocycles. The molecule has 0 aliphatic carbocycles. The van der Waals surface area contributed by atoms with Gasteiger partial charge < -0.3 is 15.4 Å². The summed E-state index contributed by atoms with van der Waals surface area (Å²) in [5.41, 5.74) is 9.32. The molecule has 1 aliphatic heterocycles. The summed E-state index contributed by atoms with van der Waals surface area (Å²) in [5, 5.41) is 0.783. The molecule has 2 N–H and O–H groups in total. The molecule has 0 saturated carbocycles. The van der Waals surface area contributed by atoms with Crippen LogP contribution in [-0.2, 0) is 6.42 Å². The largest absolute Gasteiger partial charge is 0.491 e. The van der Waals surface area contributed by atoms with Crippen molar-refractivity contribution in [3.63, 3.8) is 0 Å². The van der Waals surface area contributed by atoms with Crippen LogP contribution in [0.25, 0.3) is 0 Å². The summed E-state index contributed by atoms with van der Waals surface area (Å²) >= 11 is 1.51. The van der Waals surface area contributed by atoms with Crippen LogP contribution in [0.5, 0.6) is 5.75 Å². The third-order valence-corrected chi connectivity index (χ3v) is 4.37. The van der Waals surface area contributed by atoms with Gasteiger partial charge in [-0.05, 0) is 57.0 Å². The maximum atomic E-state index is 6.37. The van der Waals surface area contributed by atoms with Gasteiger partial charge in [-0.25, -0.2) is 0 Å². The first-order chi connectivity index (χ1) is 11.0. The zero-order chi connectivity index (χ0) is 17.0. The molecule has 124 valence electrons. The predicted molar refractivity (Wildman–Crippen MR) is 101 cm³/mol. The lowest BCUT2D eigenvalue weighted by atomic mass is 10.1. The second kappa shape index (κ2) is 7.55. The van der Waals surface area contributed by atoms with Crippen molar-refractivity contribution in [2.45, 2.75) is 26.4 Å². The molecule has 23 heavy (non-hydrogen) atoms. The molecule has 1 aromatic carbocycles. The molecule has 0 spiro atoms. The maximum Gasteiger partial charge on any atom is 0.134 e. The molecule has 0 bridgehead atoms. The smallest absolute Gasteiger partial charge is 0.134 e. The van der Waals surface area contributed by atoms with Gasteiger partial charge in [-0.3, -0.25) is 9.98 Å². The summed E-state index contributed by atoms with van der Waals surface area (Å²) in [6, 6.07) is 6.12. The van der Waals surface area contributed by atoms with Crippen molar-refractivity contribution in [3.8, 4) is 5.75 Å². The molecule has 0 saturated heterocycles. The number of benzene rings is 1. The van der Waals surface area contributed by atoms with Crippen molar-refractivity contribution < 1.29 is 4.74 Å². The van der Waals surface area contributed by atoms with Crippen molar-refractivity contribution in [2.75, 3.05) is 24.7 Å². The van der Waals surface area contributed by atoms with E-state index in [0.29, 0.717) is 11.5 Å². The number of ether oxygens (including phenoxy) is 1. The van der Waals surface area contributed by atoms with Crippen molar-refractivity contribution in [2.24, 2.45) is 15.7 Å². The van der Waals surface area contributed by atoms with Gasteiger partial charge in [0.1, 0.15) is 22.3 Å². The Morgan fingerprint density at radius 1 is 1.43 bits per heavy atom. The summed E-state index contributed by atoms with van der Waals surface area (Å²) in [7, 11) is 1.73. The van der Waals surface area contributed by atoms with Crippen molar-refractivity contribution in [3.05, 3.63) is 35.3 Å². The van der Waals surface area contributed by atoms with E-state index in [9.17, 15) is 0 Å². The third-order valence-electron chi connectivity index (χ3n) is 3.61. The number of rotatable bonds is 5. The molecule has 0 aromatic heterocycles. The van der Waals surface area contributed by atoms with Crippen LogP contribution in [0.4, 0.5) is 5.69 Å². The van der Waals surface area contributed by atoms with E-state index in [4.69, 9.17) is 10.5 Å². The minimum atomic E-state index is 0.164. The molecular formula is C17H24N4OS. The summed E-state index contributed by atoms with van der Waals surface area (Å²) in [4.78, 5) is 10.4. The highest BCUT2D eigenvalue weighted by atomic mass is 32.2. The van der Waals surface area contributed by atoms with Gasteiger partial charge >= 0.3 is 0 Å². The van der Waals surface area contributed by atoms with Crippen LogP contribution in [0.15, 0.2) is 39.7 Å². The SMILES string of the molecule is C=NC(=C(/N)N1CCc2cc(OC(C)C)ccc21)/C(=N\C)SC. The molecule has 0 amide bonds. The van der Waals surface area contributed by atoms with E-state index in [1.807, 2.05) is 26.2 Å². The highest BCUT2D eigenvalue weighted by molar-refractivity contribution is 8.13. The van der Waals surface area contributed by atoms with Gasteiger partial charge in [-0.1, -0.05) is 0 Å². The Morgan fingerprint density at radius 2 is 2.17 bits per heavy atom. The molecule has 0 fully saturated rings. The van der Waals surface area contributed by atoms with Gasteiger partial charge in [0.05, 0.1) is 6.10 Å². The Kier molecular flexibility index (Phi) is 5.71. The molecule has 1 aliphatic rings. The Hall–Kier alpha value is -1.95. The lowest BCUT2D eigenvalue weighted by Gasteiger charge is -2.22. The number of aliphatic imine (C=N–C) groups is 2. The van der Waals surface area contributed by atoms with Crippen LogP contribution in [0.2, 0.25) is 0 Å². The number of thioether (sulfide) groups is 1. The minimum absolute atomic E-state index is 0.164. The van der Waals surface area contributed by atoms with Crippen LogP contribution in [0.3, 0.4) is 0 Å². The van der Waals surface area contributed by atoms with E-state index >= 15 is 0 Å². The van der Waals surface area contributed by atoms with E-state index < -0.39 is 0 Å². The number of hydrogen-bond acceptors (Lipinski definition) is 6. The van der Waals surface area contributed by atoms with Crippen LogP contribution in [0.1, 0.15) is 19.4 Å². The summed E-state index contributed by atoms with van der Waals surface area (Å²) in [6.45, 7) is 8.51. The zero-order valence-electron chi connectivity index (χ0n) is 14.2. The fraction of sp³-hybridized carbons (Fsp3) is 0.412. The topological polar surface area (TPSA) is 63.2 Å². The van der Waals surface area contributed by atoms with Crippen LogP contribution < -0.4 is 15.4 Å². The average Bonchev–Trinajstić information content (AvgIpc) is 2.94. The first-order valence-corrected chi connectivity index (χ1v) is 8.79. The van der Waals surface area contributed by atoms with Crippen molar-refractivity contribution >= 4 is 29.2 Å². The normalized spacial score (nSPS) is 15.5. The van der Waals surface area contributed by atoms with E-state index in [2.05, 4.69) is 33.7 Å². The monoisotopic (exact) mass is 332 g/mol. The van der Waals surface area contributed by atoms with Crippen molar-refractivity contribution in [1.29, 1.82) is 0 Å². The number of anilines is 1. The highest BCUT2D eigenvalue weighted by Crippen LogP contribution is 2.34. The standard InChI is InChI=1S/C17H24N4OS/c1-11(2)22-13-6-7-14-12(10-13)8-9-21(14)16(18)15(19-3)17(20-4)23-5/h6-7,10-11H,3,8-9,18H2,1-2,4-5H3/b16-15-,20-17+. The fourth-order valence-corrected chi connectivity index (χ4v) is 3.20. The predicted octanol–water partition coefficient (Wildman–Crippen LogP) is 3.06. The van der Waals surface area contributed by atoms with Gasteiger partial charge in [0, 0.05) is 19.3 Å². The first kappa shape index (κ1) is 17.4. The Balaban J connectivity index is 2.37. The summed E-state index contributed by atoms with van der Waals surface area (Å²) < 4.78 is 5.76. The zero-order valence-corrected chi connectivity index (χ0v) is 15.0. The van der Waals surface area contributed by atoms with Crippen LogP contribution in [-0.4, -0.2) is 37.7 Å². The van der Waals surface area contributed by atoms with Gasteiger partial charge in [-0.2, -0.15) is 0 Å². The number of nitrogens with zero attached hydrogens (tertiary/aromatic N) is 3. The molecular weight excluding hydrogens is 308 g/mol. The number of nitrogens with two attached hydrogens (primary N) is 1. The van der Waals surface area contributed by atoms with E-state index in [0.717, 1.165) is 29.4 Å². The minimum Gasteiger partial charge on any atom is -0.491 e. The first-order valence-electron chi connectivity index (χ1n) is 7.56. The second-order valence-electron chi connectivity index (χ2n) is 5.48. The molecule has 5 nitrogen and oxygen atoms in total. The number of hydrogen-bond donors (Lipinski definition) is 1. The molecule has 1 aromatic rings. The van der Waals surface area contributed by atoms with Crippen LogP contribution in [0, 0.1) is 0 Å². The van der Waals surface area contributed by atoms with Gasteiger partial charge in [0.15, 0.2) is 0 Å². The molecule has 2 rings (SSSR count). The fourth-order valence-electron chi connectivity index (χ4n) is 2.65. The second-order valence-corrected chi connectivity index (χ2v) is 6.28. The van der Waals surface area contributed by atoms with Crippen LogP contribution >= 0.6 is 11.8 Å². The Bertz CT molecular complexity index is 652. The quantitative estimate of drug-likeness (QED) is 0.665. The molecule has 0 radical (unpaired) electrons. The van der Waals surface area contributed by atoms with Gasteiger partial charge in [-0.15, -0.1) is 11.8 Å². The number of fused-ring (bicyclic) bond motifs is 1. The van der Waals surface area contributed by atoms with E-state index in [-0.39, 0.29) is 6.10 Å². The maximum absolute atomic E-state index is 6.37. The van der Waals surface area contributed by atoms with E-state index in [1.165, 1.54) is 17.3 Å².